The van der Waals surface area contributed by atoms with Crippen molar-refractivity contribution in [3.63, 3.8) is 0 Å². The lowest BCUT2D eigenvalue weighted by atomic mass is 10.0. The molecule has 24 heavy (non-hydrogen) atoms. The van der Waals surface area contributed by atoms with E-state index in [9.17, 15) is 4.79 Å². The number of carbonyl (C=O) groups is 1. The molecule has 0 saturated carbocycles. The average Bonchev–Trinajstić information content (AvgIpc) is 3.06. The zero-order chi connectivity index (χ0) is 16.9. The largest absolute Gasteiger partial charge is 0.324 e. The summed E-state index contributed by atoms with van der Waals surface area (Å²) < 4.78 is 0. The molecule has 0 fully saturated rings. The molecule has 122 valence electrons. The molecule has 0 aliphatic carbocycles. The van der Waals surface area contributed by atoms with Gasteiger partial charge in [0.2, 0.25) is 5.82 Å². The molecule has 2 aromatic heterocycles. The van der Waals surface area contributed by atoms with Gasteiger partial charge in [-0.3, -0.25) is 9.78 Å². The summed E-state index contributed by atoms with van der Waals surface area (Å²) in [6.45, 7) is 3.89. The van der Waals surface area contributed by atoms with Crippen LogP contribution < -0.4 is 5.32 Å². The molecule has 1 atom stereocenters. The Hall–Kier alpha value is -3.09. The van der Waals surface area contributed by atoms with E-state index in [1.165, 1.54) is 4.80 Å². The lowest BCUT2D eigenvalue weighted by Gasteiger charge is -2.18. The van der Waals surface area contributed by atoms with Gasteiger partial charge in [-0.2, -0.15) is 4.80 Å². The van der Waals surface area contributed by atoms with Crippen molar-refractivity contribution in [1.82, 2.24) is 25.2 Å². The van der Waals surface area contributed by atoms with Crippen LogP contribution in [0.3, 0.4) is 0 Å². The van der Waals surface area contributed by atoms with Crippen LogP contribution in [0.4, 0.5) is 5.69 Å². The van der Waals surface area contributed by atoms with Crippen LogP contribution in [0.2, 0.25) is 0 Å². The number of amides is 1. The van der Waals surface area contributed by atoms with E-state index < -0.39 is 6.04 Å². The van der Waals surface area contributed by atoms with Crippen LogP contribution in [-0.2, 0) is 4.79 Å². The van der Waals surface area contributed by atoms with Crippen molar-refractivity contribution in [2.45, 2.75) is 19.9 Å². The van der Waals surface area contributed by atoms with E-state index in [-0.39, 0.29) is 11.8 Å². The molecule has 0 saturated heterocycles. The van der Waals surface area contributed by atoms with Gasteiger partial charge < -0.3 is 5.32 Å². The second-order valence-electron chi connectivity index (χ2n) is 5.71. The summed E-state index contributed by atoms with van der Waals surface area (Å²) >= 11 is 0. The van der Waals surface area contributed by atoms with Crippen LogP contribution in [0, 0.1) is 5.92 Å². The Morgan fingerprint density at radius 3 is 2.46 bits per heavy atom. The van der Waals surface area contributed by atoms with E-state index in [1.807, 2.05) is 44.2 Å². The highest BCUT2D eigenvalue weighted by Gasteiger charge is 2.27. The van der Waals surface area contributed by atoms with Gasteiger partial charge in [0.05, 0.1) is 0 Å². The minimum absolute atomic E-state index is 0.00432. The Balaban J connectivity index is 1.84. The van der Waals surface area contributed by atoms with Gasteiger partial charge in [0.25, 0.3) is 5.91 Å². The molecule has 7 heteroatoms. The first-order valence-corrected chi connectivity index (χ1v) is 7.71. The Morgan fingerprint density at radius 1 is 1.08 bits per heavy atom. The van der Waals surface area contributed by atoms with Crippen molar-refractivity contribution in [2.75, 3.05) is 5.32 Å². The molecule has 7 nitrogen and oxygen atoms in total. The second kappa shape index (κ2) is 6.99. The average molecular weight is 322 g/mol. The molecule has 0 spiro atoms. The number of nitrogens with one attached hydrogen (secondary N) is 1. The van der Waals surface area contributed by atoms with Crippen molar-refractivity contribution in [2.24, 2.45) is 5.92 Å². The molecule has 1 unspecified atom stereocenters. The van der Waals surface area contributed by atoms with Gasteiger partial charge in [0.15, 0.2) is 6.04 Å². The maximum absolute atomic E-state index is 12.6. The summed E-state index contributed by atoms with van der Waals surface area (Å²) in [5.41, 5.74) is 1.55. The molecule has 0 radical (unpaired) electrons. The number of carbonyl (C=O) groups excluding carboxylic acids is 1. The number of benzene rings is 1. The van der Waals surface area contributed by atoms with E-state index in [0.29, 0.717) is 11.5 Å². The van der Waals surface area contributed by atoms with Crippen LogP contribution >= 0.6 is 0 Å². The first-order valence-electron chi connectivity index (χ1n) is 7.71. The van der Waals surface area contributed by atoms with E-state index in [2.05, 4.69) is 25.7 Å². The molecule has 0 aliphatic heterocycles. The molecular weight excluding hydrogens is 304 g/mol. The van der Waals surface area contributed by atoms with Gasteiger partial charge in [-0.15, -0.1) is 10.2 Å². The predicted molar refractivity (Wildman–Crippen MR) is 90.0 cm³/mol. The van der Waals surface area contributed by atoms with Crippen LogP contribution in [0.5, 0.6) is 0 Å². The van der Waals surface area contributed by atoms with E-state index in [0.717, 1.165) is 5.56 Å². The zero-order valence-electron chi connectivity index (χ0n) is 13.5. The Labute approximate surface area is 139 Å². The summed E-state index contributed by atoms with van der Waals surface area (Å²) in [6, 6.07) is 12.5. The molecule has 0 aliphatic rings. The number of hydrogen-bond acceptors (Lipinski definition) is 5. The number of aromatic nitrogens is 5. The topological polar surface area (TPSA) is 85.6 Å². The van der Waals surface area contributed by atoms with Crippen LogP contribution in [0.25, 0.3) is 11.4 Å². The van der Waals surface area contributed by atoms with Gasteiger partial charge in [0.1, 0.15) is 0 Å². The van der Waals surface area contributed by atoms with Gasteiger partial charge in [-0.05, 0) is 23.3 Å². The van der Waals surface area contributed by atoms with E-state index >= 15 is 0 Å². The van der Waals surface area contributed by atoms with Crippen LogP contribution in [-0.4, -0.2) is 31.1 Å². The van der Waals surface area contributed by atoms with Gasteiger partial charge in [-0.1, -0.05) is 44.2 Å². The van der Waals surface area contributed by atoms with Crippen molar-refractivity contribution < 1.29 is 4.79 Å². The Bertz CT molecular complexity index is 800. The summed E-state index contributed by atoms with van der Waals surface area (Å²) in [5.74, 6) is 0.316. The van der Waals surface area contributed by atoms with Crippen LogP contribution in [0.1, 0.15) is 19.9 Å². The predicted octanol–water partition coefficient (Wildman–Crippen LogP) is 2.57. The van der Waals surface area contributed by atoms with Crippen molar-refractivity contribution >= 4 is 11.6 Å². The first-order chi connectivity index (χ1) is 11.6. The molecule has 1 N–H and O–H groups in total. The SMILES string of the molecule is CC(C)C(C(=O)Nc1ccncc1)n1nnc(-c2ccccc2)n1. The third-order valence-corrected chi connectivity index (χ3v) is 3.56. The van der Waals surface area contributed by atoms with E-state index in [1.54, 1.807) is 24.5 Å². The Kier molecular flexibility index (Phi) is 4.60. The molecule has 0 bridgehead atoms. The lowest BCUT2D eigenvalue weighted by Crippen LogP contribution is -2.31. The van der Waals surface area contributed by atoms with E-state index in [4.69, 9.17) is 0 Å². The summed E-state index contributed by atoms with van der Waals surface area (Å²) in [4.78, 5) is 18.0. The lowest BCUT2D eigenvalue weighted by molar-refractivity contribution is -0.121. The molecule has 3 aromatic rings. The third-order valence-electron chi connectivity index (χ3n) is 3.56. The minimum Gasteiger partial charge on any atom is -0.324 e. The van der Waals surface area contributed by atoms with Gasteiger partial charge >= 0.3 is 0 Å². The van der Waals surface area contributed by atoms with Crippen molar-refractivity contribution in [1.29, 1.82) is 0 Å². The Morgan fingerprint density at radius 2 is 1.79 bits per heavy atom. The standard InChI is InChI=1S/C17H18N6O/c1-12(2)15(17(24)19-14-8-10-18-11-9-14)23-21-16(20-22-23)13-6-4-3-5-7-13/h3-12,15H,1-2H3,(H,18,19,24). The van der Waals surface area contributed by atoms with Gasteiger partial charge in [0, 0.05) is 23.6 Å². The molecule has 3 rings (SSSR count). The number of nitrogens with zero attached hydrogens (tertiary/aromatic N) is 5. The number of anilines is 1. The number of hydrogen-bond donors (Lipinski definition) is 1. The molecular formula is C17H18N6O. The number of tetrazole rings is 1. The van der Waals surface area contributed by atoms with Crippen LogP contribution in [0.15, 0.2) is 54.9 Å². The smallest absolute Gasteiger partial charge is 0.251 e. The molecule has 2 heterocycles. The van der Waals surface area contributed by atoms with Gasteiger partial charge in [-0.25, -0.2) is 0 Å². The number of rotatable bonds is 5. The number of pyridine rings is 1. The molecule has 1 aromatic carbocycles. The second-order valence-corrected chi connectivity index (χ2v) is 5.71. The highest BCUT2D eigenvalue weighted by Crippen LogP contribution is 2.20. The first kappa shape index (κ1) is 15.8. The maximum Gasteiger partial charge on any atom is 0.251 e. The fourth-order valence-electron chi connectivity index (χ4n) is 2.37. The van der Waals surface area contributed by atoms with Crippen molar-refractivity contribution in [3.8, 4) is 11.4 Å². The third kappa shape index (κ3) is 3.45. The normalized spacial score (nSPS) is 12.1. The minimum atomic E-state index is -0.553. The highest BCUT2D eigenvalue weighted by atomic mass is 16.2. The quantitative estimate of drug-likeness (QED) is 0.780. The summed E-state index contributed by atoms with van der Waals surface area (Å²) in [7, 11) is 0. The van der Waals surface area contributed by atoms with Crippen molar-refractivity contribution in [3.05, 3.63) is 54.9 Å². The zero-order valence-corrected chi connectivity index (χ0v) is 13.5. The molecule has 1 amide bonds. The fourth-order valence-corrected chi connectivity index (χ4v) is 2.37. The fraction of sp³-hybridized carbons (Fsp3) is 0.235. The summed E-state index contributed by atoms with van der Waals surface area (Å²) in [6.07, 6.45) is 3.25. The summed E-state index contributed by atoms with van der Waals surface area (Å²) in [5, 5.41) is 15.4. The maximum atomic E-state index is 12.6. The monoisotopic (exact) mass is 322 g/mol. The highest BCUT2D eigenvalue weighted by molar-refractivity contribution is 5.93.